The van der Waals surface area contributed by atoms with E-state index in [9.17, 15) is 4.79 Å². The van der Waals surface area contributed by atoms with Crippen LogP contribution in [0, 0.1) is 0 Å². The maximum atomic E-state index is 12.6. The molecule has 4 nitrogen and oxygen atoms in total. The first-order chi connectivity index (χ1) is 10.8. The normalized spacial score (nSPS) is 10.8. The standard InChI is InChI=1S/C17H17N3OS/c1-2-20(12-9-13-7-10-18-11-8-13)17(21)16-19-14-5-3-4-6-15(14)22-16/h3-8,10-11H,2,9,12H2,1H3. The zero-order valence-electron chi connectivity index (χ0n) is 12.4. The quantitative estimate of drug-likeness (QED) is 0.725. The van der Waals surface area contributed by atoms with Crippen LogP contribution in [0.5, 0.6) is 0 Å². The van der Waals surface area contributed by atoms with Gasteiger partial charge in [0.1, 0.15) is 0 Å². The average Bonchev–Trinajstić information content (AvgIpc) is 3.00. The molecule has 22 heavy (non-hydrogen) atoms. The Morgan fingerprint density at radius 2 is 1.95 bits per heavy atom. The highest BCUT2D eigenvalue weighted by molar-refractivity contribution is 7.20. The number of nitrogens with zero attached hydrogens (tertiary/aromatic N) is 3. The summed E-state index contributed by atoms with van der Waals surface area (Å²) in [5, 5.41) is 0.567. The van der Waals surface area contributed by atoms with Gasteiger partial charge in [0.15, 0.2) is 5.01 Å². The van der Waals surface area contributed by atoms with Crippen LogP contribution in [-0.4, -0.2) is 33.9 Å². The number of thiazole rings is 1. The van der Waals surface area contributed by atoms with Crippen molar-refractivity contribution in [3.05, 3.63) is 59.4 Å². The molecule has 1 aromatic carbocycles. The lowest BCUT2D eigenvalue weighted by molar-refractivity contribution is 0.0766. The molecular weight excluding hydrogens is 294 g/mol. The SMILES string of the molecule is CCN(CCc1ccncc1)C(=O)c1nc2ccccc2s1. The molecule has 5 heteroatoms. The molecule has 0 radical (unpaired) electrons. The topological polar surface area (TPSA) is 46.1 Å². The summed E-state index contributed by atoms with van der Waals surface area (Å²) in [6.07, 6.45) is 4.38. The molecule has 0 saturated carbocycles. The number of rotatable bonds is 5. The summed E-state index contributed by atoms with van der Waals surface area (Å²) in [7, 11) is 0. The van der Waals surface area contributed by atoms with Crippen LogP contribution in [0.3, 0.4) is 0 Å². The molecule has 0 aliphatic heterocycles. The number of fused-ring (bicyclic) bond motifs is 1. The number of para-hydroxylation sites is 1. The van der Waals surface area contributed by atoms with Crippen molar-refractivity contribution < 1.29 is 4.79 Å². The van der Waals surface area contributed by atoms with Gasteiger partial charge < -0.3 is 4.90 Å². The van der Waals surface area contributed by atoms with Gasteiger partial charge in [-0.2, -0.15) is 0 Å². The van der Waals surface area contributed by atoms with Crippen LogP contribution in [-0.2, 0) is 6.42 Å². The van der Waals surface area contributed by atoms with Gasteiger partial charge in [-0.3, -0.25) is 9.78 Å². The summed E-state index contributed by atoms with van der Waals surface area (Å²) in [6.45, 7) is 3.37. The van der Waals surface area contributed by atoms with Gasteiger partial charge >= 0.3 is 0 Å². The molecule has 0 aliphatic rings. The second kappa shape index (κ2) is 6.66. The van der Waals surface area contributed by atoms with Gasteiger partial charge in [0, 0.05) is 25.5 Å². The average molecular weight is 311 g/mol. The lowest BCUT2D eigenvalue weighted by atomic mass is 10.2. The number of likely N-dealkylation sites (N-methyl/N-ethyl adjacent to an activating group) is 1. The second-order valence-electron chi connectivity index (χ2n) is 4.98. The molecule has 0 spiro atoms. The molecule has 0 unspecified atom stereocenters. The number of benzene rings is 1. The lowest BCUT2D eigenvalue weighted by Crippen LogP contribution is -2.32. The van der Waals surface area contributed by atoms with Gasteiger partial charge in [-0.05, 0) is 43.2 Å². The van der Waals surface area contributed by atoms with Crippen molar-refractivity contribution in [1.29, 1.82) is 0 Å². The molecule has 0 atom stereocenters. The number of aromatic nitrogens is 2. The zero-order chi connectivity index (χ0) is 15.4. The number of hydrogen-bond donors (Lipinski definition) is 0. The lowest BCUT2D eigenvalue weighted by Gasteiger charge is -2.19. The molecule has 0 saturated heterocycles. The Balaban J connectivity index is 1.73. The Morgan fingerprint density at radius 1 is 1.18 bits per heavy atom. The third kappa shape index (κ3) is 3.14. The Morgan fingerprint density at radius 3 is 2.68 bits per heavy atom. The third-order valence-corrected chi connectivity index (χ3v) is 4.59. The molecule has 2 heterocycles. The van der Waals surface area contributed by atoms with Crippen molar-refractivity contribution >= 4 is 27.5 Å². The highest BCUT2D eigenvalue weighted by atomic mass is 32.1. The van der Waals surface area contributed by atoms with Crippen LogP contribution in [0.4, 0.5) is 0 Å². The summed E-state index contributed by atoms with van der Waals surface area (Å²) in [5.41, 5.74) is 2.08. The van der Waals surface area contributed by atoms with E-state index < -0.39 is 0 Å². The first-order valence-corrected chi connectivity index (χ1v) is 8.13. The van der Waals surface area contributed by atoms with E-state index >= 15 is 0 Å². The fourth-order valence-corrected chi connectivity index (χ4v) is 3.25. The molecule has 1 amide bonds. The van der Waals surface area contributed by atoms with Crippen LogP contribution >= 0.6 is 11.3 Å². The second-order valence-corrected chi connectivity index (χ2v) is 6.01. The summed E-state index contributed by atoms with van der Waals surface area (Å²) in [6, 6.07) is 11.8. The molecule has 0 N–H and O–H groups in total. The highest BCUT2D eigenvalue weighted by Crippen LogP contribution is 2.22. The van der Waals surface area contributed by atoms with Crippen LogP contribution in [0.1, 0.15) is 22.3 Å². The number of pyridine rings is 1. The minimum Gasteiger partial charge on any atom is -0.337 e. The molecule has 0 bridgehead atoms. The Labute approximate surface area is 133 Å². The Bertz CT molecular complexity index is 737. The van der Waals surface area contributed by atoms with E-state index in [0.717, 1.165) is 16.6 Å². The van der Waals surface area contributed by atoms with E-state index in [2.05, 4.69) is 9.97 Å². The van der Waals surface area contributed by atoms with Gasteiger partial charge in [-0.15, -0.1) is 11.3 Å². The monoisotopic (exact) mass is 311 g/mol. The van der Waals surface area contributed by atoms with E-state index in [1.807, 2.05) is 48.2 Å². The molecule has 3 aromatic rings. The third-order valence-electron chi connectivity index (χ3n) is 3.57. The van der Waals surface area contributed by atoms with E-state index in [0.29, 0.717) is 18.1 Å². The van der Waals surface area contributed by atoms with Crippen molar-refractivity contribution in [2.24, 2.45) is 0 Å². The van der Waals surface area contributed by atoms with Crippen LogP contribution in [0.25, 0.3) is 10.2 Å². The molecular formula is C17H17N3OS. The predicted molar refractivity (Wildman–Crippen MR) is 89.1 cm³/mol. The van der Waals surface area contributed by atoms with Gasteiger partial charge in [-0.25, -0.2) is 4.98 Å². The molecule has 2 aromatic heterocycles. The maximum Gasteiger partial charge on any atom is 0.282 e. The summed E-state index contributed by atoms with van der Waals surface area (Å²) < 4.78 is 1.05. The van der Waals surface area contributed by atoms with Crippen molar-refractivity contribution in [3.8, 4) is 0 Å². The molecule has 3 rings (SSSR count). The van der Waals surface area contributed by atoms with Gasteiger partial charge in [0.25, 0.3) is 5.91 Å². The smallest absolute Gasteiger partial charge is 0.282 e. The minimum absolute atomic E-state index is 0.0118. The van der Waals surface area contributed by atoms with Crippen molar-refractivity contribution in [2.45, 2.75) is 13.3 Å². The predicted octanol–water partition coefficient (Wildman–Crippen LogP) is 3.40. The fraction of sp³-hybridized carbons (Fsp3) is 0.235. The number of hydrogen-bond acceptors (Lipinski definition) is 4. The largest absolute Gasteiger partial charge is 0.337 e. The highest BCUT2D eigenvalue weighted by Gasteiger charge is 2.18. The van der Waals surface area contributed by atoms with Gasteiger partial charge in [-0.1, -0.05) is 12.1 Å². The first kappa shape index (κ1) is 14.7. The van der Waals surface area contributed by atoms with Gasteiger partial charge in [0.2, 0.25) is 0 Å². The van der Waals surface area contributed by atoms with E-state index in [1.54, 1.807) is 12.4 Å². The van der Waals surface area contributed by atoms with Crippen molar-refractivity contribution in [2.75, 3.05) is 13.1 Å². The Kier molecular flexibility index (Phi) is 4.44. The summed E-state index contributed by atoms with van der Waals surface area (Å²) in [5.74, 6) is 0.0118. The number of amides is 1. The van der Waals surface area contributed by atoms with Crippen LogP contribution in [0.2, 0.25) is 0 Å². The molecule has 0 aliphatic carbocycles. The van der Waals surface area contributed by atoms with E-state index in [1.165, 1.54) is 16.9 Å². The Hall–Kier alpha value is -2.27. The van der Waals surface area contributed by atoms with Crippen molar-refractivity contribution in [1.82, 2.24) is 14.9 Å². The van der Waals surface area contributed by atoms with Gasteiger partial charge in [0.05, 0.1) is 10.2 Å². The van der Waals surface area contributed by atoms with E-state index in [4.69, 9.17) is 0 Å². The zero-order valence-corrected chi connectivity index (χ0v) is 13.2. The van der Waals surface area contributed by atoms with Crippen molar-refractivity contribution in [3.63, 3.8) is 0 Å². The van der Waals surface area contributed by atoms with Crippen LogP contribution < -0.4 is 0 Å². The number of carbonyl (C=O) groups is 1. The summed E-state index contributed by atoms with van der Waals surface area (Å²) in [4.78, 5) is 22.9. The minimum atomic E-state index is 0.0118. The summed E-state index contributed by atoms with van der Waals surface area (Å²) >= 11 is 1.46. The van der Waals surface area contributed by atoms with Crippen LogP contribution in [0.15, 0.2) is 48.8 Å². The fourth-order valence-electron chi connectivity index (χ4n) is 2.32. The first-order valence-electron chi connectivity index (χ1n) is 7.31. The molecule has 0 fully saturated rings. The number of carbonyl (C=O) groups excluding carboxylic acids is 1. The van der Waals surface area contributed by atoms with E-state index in [-0.39, 0.29) is 5.91 Å². The maximum absolute atomic E-state index is 12.6. The molecule has 112 valence electrons.